The molecule has 0 saturated carbocycles. The van der Waals surface area contributed by atoms with Crippen molar-refractivity contribution in [2.45, 2.75) is 26.1 Å². The first-order chi connectivity index (χ1) is 15.8. The van der Waals surface area contributed by atoms with Crippen LogP contribution in [0.1, 0.15) is 29.7 Å². The lowest BCUT2D eigenvalue weighted by Crippen LogP contribution is -2.36. The van der Waals surface area contributed by atoms with Gasteiger partial charge in [0.15, 0.2) is 0 Å². The van der Waals surface area contributed by atoms with Gasteiger partial charge in [-0.3, -0.25) is 4.40 Å². The molecule has 1 aliphatic heterocycles. The second kappa shape index (κ2) is 8.18. The molecule has 3 aromatic heterocycles. The number of aromatic nitrogens is 4. The third-order valence-corrected chi connectivity index (χ3v) is 6.05. The fraction of sp³-hybridized carbons (Fsp3) is 0.348. The maximum atomic E-state index is 13.4. The molecule has 4 heterocycles. The summed E-state index contributed by atoms with van der Waals surface area (Å²) in [6, 6.07) is 5.80. The van der Waals surface area contributed by atoms with E-state index in [1.54, 1.807) is 18.5 Å². The van der Waals surface area contributed by atoms with E-state index in [1.807, 2.05) is 23.6 Å². The van der Waals surface area contributed by atoms with Gasteiger partial charge >= 0.3 is 6.18 Å². The minimum atomic E-state index is -4.40. The number of pyridine rings is 1. The molecule has 1 fully saturated rings. The quantitative estimate of drug-likeness (QED) is 0.484. The van der Waals surface area contributed by atoms with Crippen molar-refractivity contribution >= 4 is 28.3 Å². The van der Waals surface area contributed by atoms with Crippen molar-refractivity contribution in [3.63, 3.8) is 0 Å². The molecule has 1 saturated heterocycles. The molecule has 0 amide bonds. The normalized spacial score (nSPS) is 15.8. The number of hydrogen-bond acceptors (Lipinski definition) is 6. The molecular weight excluding hydrogens is 433 g/mol. The minimum absolute atomic E-state index is 0.201. The number of benzene rings is 1. The summed E-state index contributed by atoms with van der Waals surface area (Å²) in [5.74, 6) is 1.84. The first kappa shape index (κ1) is 21.4. The van der Waals surface area contributed by atoms with Gasteiger partial charge in [0.2, 0.25) is 5.78 Å². The fourth-order valence-corrected chi connectivity index (χ4v) is 4.33. The number of imidazole rings is 1. The average Bonchev–Trinajstić information content (AvgIpc) is 3.27. The smallest absolute Gasteiger partial charge is 0.378 e. The predicted octanol–water partition coefficient (Wildman–Crippen LogP) is 4.61. The van der Waals surface area contributed by atoms with Crippen molar-refractivity contribution in [1.82, 2.24) is 19.4 Å². The van der Waals surface area contributed by atoms with Gasteiger partial charge in [-0.2, -0.15) is 18.2 Å². The Morgan fingerprint density at radius 2 is 1.94 bits per heavy atom. The third kappa shape index (κ3) is 3.95. The van der Waals surface area contributed by atoms with Gasteiger partial charge < -0.3 is 15.0 Å². The Hall–Kier alpha value is -3.40. The van der Waals surface area contributed by atoms with Gasteiger partial charge in [0, 0.05) is 30.9 Å². The van der Waals surface area contributed by atoms with Gasteiger partial charge in [-0.15, -0.1) is 0 Å². The van der Waals surface area contributed by atoms with E-state index in [9.17, 15) is 13.2 Å². The molecule has 1 unspecified atom stereocenters. The van der Waals surface area contributed by atoms with Gasteiger partial charge in [0.05, 0.1) is 36.5 Å². The molecule has 5 rings (SSSR count). The van der Waals surface area contributed by atoms with Crippen molar-refractivity contribution in [1.29, 1.82) is 0 Å². The second-order valence-corrected chi connectivity index (χ2v) is 8.10. The molecule has 1 atom stereocenters. The van der Waals surface area contributed by atoms with Crippen LogP contribution in [0.4, 0.5) is 24.8 Å². The zero-order valence-electron chi connectivity index (χ0n) is 18.2. The van der Waals surface area contributed by atoms with Crippen molar-refractivity contribution in [3.8, 4) is 0 Å². The summed E-state index contributed by atoms with van der Waals surface area (Å²) in [6.07, 6.45) is 0.840. The molecule has 4 aromatic rings. The molecule has 0 spiro atoms. The van der Waals surface area contributed by atoms with E-state index >= 15 is 0 Å². The molecule has 33 heavy (non-hydrogen) atoms. The molecule has 10 heteroatoms. The molecule has 1 aromatic carbocycles. The molecule has 172 valence electrons. The summed E-state index contributed by atoms with van der Waals surface area (Å²) in [7, 11) is 0. The monoisotopic (exact) mass is 456 g/mol. The van der Waals surface area contributed by atoms with Crippen LogP contribution in [0.5, 0.6) is 0 Å². The van der Waals surface area contributed by atoms with Crippen LogP contribution in [-0.2, 0) is 10.9 Å². The first-order valence-corrected chi connectivity index (χ1v) is 10.7. The zero-order valence-corrected chi connectivity index (χ0v) is 18.2. The topological polar surface area (TPSA) is 67.6 Å². The highest BCUT2D eigenvalue weighted by atomic mass is 19.4. The minimum Gasteiger partial charge on any atom is -0.378 e. The predicted molar refractivity (Wildman–Crippen MR) is 120 cm³/mol. The lowest BCUT2D eigenvalue weighted by Gasteiger charge is -2.28. The summed E-state index contributed by atoms with van der Waals surface area (Å²) < 4.78 is 47.6. The van der Waals surface area contributed by atoms with Crippen LogP contribution in [0, 0.1) is 6.92 Å². The van der Waals surface area contributed by atoms with E-state index < -0.39 is 17.8 Å². The van der Waals surface area contributed by atoms with Crippen LogP contribution in [0.25, 0.3) is 16.7 Å². The van der Waals surface area contributed by atoms with E-state index in [-0.39, 0.29) is 5.56 Å². The summed E-state index contributed by atoms with van der Waals surface area (Å²) in [5, 5.41) is 4.14. The van der Waals surface area contributed by atoms with E-state index in [2.05, 4.69) is 25.2 Å². The molecule has 7 nitrogen and oxygen atoms in total. The number of hydrogen-bond donors (Lipinski definition) is 1. The highest BCUT2D eigenvalue weighted by molar-refractivity contribution is 5.92. The van der Waals surface area contributed by atoms with Crippen LogP contribution in [0.3, 0.4) is 0 Å². The Labute approximate surface area is 188 Å². The maximum absolute atomic E-state index is 13.4. The van der Waals surface area contributed by atoms with E-state index in [0.29, 0.717) is 30.4 Å². The average molecular weight is 456 g/mol. The number of nitrogens with zero attached hydrogens (tertiary/aromatic N) is 5. The van der Waals surface area contributed by atoms with Crippen LogP contribution in [0.15, 0.2) is 42.9 Å². The molecule has 0 aliphatic carbocycles. The number of nitrogens with one attached hydrogen (secondary N) is 1. The molecular formula is C23H23F3N6O. The van der Waals surface area contributed by atoms with Crippen molar-refractivity contribution in [3.05, 3.63) is 59.5 Å². The van der Waals surface area contributed by atoms with Gasteiger partial charge in [0.1, 0.15) is 11.6 Å². The van der Waals surface area contributed by atoms with Gasteiger partial charge in [-0.05, 0) is 37.1 Å². The van der Waals surface area contributed by atoms with Crippen LogP contribution >= 0.6 is 0 Å². The van der Waals surface area contributed by atoms with E-state index in [0.717, 1.165) is 35.9 Å². The summed E-state index contributed by atoms with van der Waals surface area (Å²) in [6.45, 7) is 6.07. The lowest BCUT2D eigenvalue weighted by atomic mass is 9.97. The Balaban J connectivity index is 1.58. The molecule has 1 aliphatic rings. The third-order valence-electron chi connectivity index (χ3n) is 6.05. The van der Waals surface area contributed by atoms with E-state index in [1.165, 1.54) is 13.0 Å². The molecule has 1 N–H and O–H groups in total. The first-order valence-electron chi connectivity index (χ1n) is 10.7. The highest BCUT2D eigenvalue weighted by Gasteiger charge is 2.33. The van der Waals surface area contributed by atoms with Gasteiger partial charge in [-0.1, -0.05) is 12.1 Å². The Morgan fingerprint density at radius 3 is 2.70 bits per heavy atom. The van der Waals surface area contributed by atoms with Crippen LogP contribution in [-0.4, -0.2) is 45.7 Å². The number of morpholine rings is 1. The number of halogens is 3. The van der Waals surface area contributed by atoms with Gasteiger partial charge in [-0.25, -0.2) is 9.97 Å². The standard InChI is InChI=1S/C23H23F3N6O/c1-14-16(4-3-5-18(14)23(24,25)26)15(2)29-21-17-12-20(31-8-10-33-11-9-31)28-13-19(17)32-7-6-27-22(32)30-21/h3-7,12-13,15H,8-11H2,1-2H3,(H,27,29,30). The Kier molecular flexibility index (Phi) is 5.32. The number of fused-ring (bicyclic) bond motifs is 3. The summed E-state index contributed by atoms with van der Waals surface area (Å²) >= 11 is 0. The SMILES string of the molecule is Cc1c(C(C)Nc2nc3nccn3c3cnc(N4CCOCC4)cc23)cccc1C(F)(F)F. The highest BCUT2D eigenvalue weighted by Crippen LogP contribution is 2.36. The largest absolute Gasteiger partial charge is 0.416 e. The van der Waals surface area contributed by atoms with Crippen LogP contribution in [0.2, 0.25) is 0 Å². The number of rotatable bonds is 4. The summed E-state index contributed by atoms with van der Waals surface area (Å²) in [5.41, 5.74) is 0.941. The number of anilines is 2. The lowest BCUT2D eigenvalue weighted by molar-refractivity contribution is -0.138. The Morgan fingerprint density at radius 1 is 1.15 bits per heavy atom. The second-order valence-electron chi connectivity index (χ2n) is 8.10. The van der Waals surface area contributed by atoms with Crippen molar-refractivity contribution in [2.24, 2.45) is 0 Å². The van der Waals surface area contributed by atoms with Crippen LogP contribution < -0.4 is 10.2 Å². The Bertz CT molecular complexity index is 1310. The fourth-order valence-electron chi connectivity index (χ4n) is 4.33. The van der Waals surface area contributed by atoms with Gasteiger partial charge in [0.25, 0.3) is 0 Å². The van der Waals surface area contributed by atoms with Crippen molar-refractivity contribution in [2.75, 3.05) is 36.5 Å². The number of ether oxygens (including phenoxy) is 1. The van der Waals surface area contributed by atoms with E-state index in [4.69, 9.17) is 4.74 Å². The number of alkyl halides is 3. The molecule has 0 radical (unpaired) electrons. The van der Waals surface area contributed by atoms with Crippen molar-refractivity contribution < 1.29 is 17.9 Å². The maximum Gasteiger partial charge on any atom is 0.416 e. The molecule has 0 bridgehead atoms. The summed E-state index contributed by atoms with van der Waals surface area (Å²) in [4.78, 5) is 15.7. The zero-order chi connectivity index (χ0) is 23.2.